The average molecular weight is 292 g/mol. The van der Waals surface area contributed by atoms with Gasteiger partial charge in [0.05, 0.1) is 10.8 Å². The first-order chi connectivity index (χ1) is 10.0. The number of carbonyl (C=O) groups is 1. The van der Waals surface area contributed by atoms with Crippen LogP contribution in [0.25, 0.3) is 0 Å². The number of primary amides is 1. The highest BCUT2D eigenvalue weighted by Crippen LogP contribution is 2.37. The molecule has 1 fully saturated rings. The van der Waals surface area contributed by atoms with Gasteiger partial charge in [0.2, 0.25) is 5.91 Å². The number of piperidine rings is 1. The van der Waals surface area contributed by atoms with E-state index in [0.717, 1.165) is 12.8 Å². The molecule has 1 aromatic rings. The molecular weight excluding hydrogens is 272 g/mol. The number of nitrogens with zero attached hydrogens (tertiary/aromatic N) is 2. The molecule has 1 heterocycles. The van der Waals surface area contributed by atoms with E-state index in [9.17, 15) is 14.9 Å². The Bertz CT molecular complexity index is 547. The molecule has 2 rings (SSSR count). The number of benzene rings is 1. The Morgan fingerprint density at radius 3 is 2.95 bits per heavy atom. The Balaban J connectivity index is 2.36. The van der Waals surface area contributed by atoms with Crippen LogP contribution in [0.3, 0.4) is 0 Å². The third-order valence-corrected chi connectivity index (χ3v) is 3.73. The van der Waals surface area contributed by atoms with Crippen LogP contribution >= 0.6 is 0 Å². The number of nitro benzene ring substituents is 1. The lowest BCUT2D eigenvalue weighted by molar-refractivity contribution is -0.383. The van der Waals surface area contributed by atoms with Crippen molar-refractivity contribution in [3.8, 4) is 0 Å². The van der Waals surface area contributed by atoms with Gasteiger partial charge in [-0.3, -0.25) is 14.9 Å². The Kier molecular flexibility index (Phi) is 4.62. The maximum atomic E-state index is 11.4. The van der Waals surface area contributed by atoms with Crippen LogP contribution in [0.1, 0.15) is 19.8 Å². The maximum absolute atomic E-state index is 11.4. The van der Waals surface area contributed by atoms with Gasteiger partial charge in [-0.1, -0.05) is 6.07 Å². The molecule has 1 aliphatic heterocycles. The lowest BCUT2D eigenvalue weighted by Crippen LogP contribution is -2.41. The van der Waals surface area contributed by atoms with Crippen molar-refractivity contribution in [2.75, 3.05) is 29.9 Å². The summed E-state index contributed by atoms with van der Waals surface area (Å²) in [4.78, 5) is 24.3. The van der Waals surface area contributed by atoms with Crippen molar-refractivity contribution < 1.29 is 9.72 Å². The van der Waals surface area contributed by atoms with Crippen molar-refractivity contribution in [1.82, 2.24) is 0 Å². The van der Waals surface area contributed by atoms with Crippen LogP contribution in [0, 0.1) is 16.0 Å². The van der Waals surface area contributed by atoms with Crippen molar-refractivity contribution in [2.45, 2.75) is 19.8 Å². The van der Waals surface area contributed by atoms with Gasteiger partial charge in [-0.05, 0) is 31.9 Å². The standard InChI is InChI=1S/C14H20N4O3/c1-2-16-11-6-3-7-12(13(11)18(20)21)17-8-4-5-10(9-17)14(15)19/h3,6-7,10,16H,2,4-5,8-9H2,1H3,(H2,15,19). The van der Waals surface area contributed by atoms with Crippen molar-refractivity contribution in [3.05, 3.63) is 28.3 Å². The molecule has 1 aromatic carbocycles. The highest BCUT2D eigenvalue weighted by Gasteiger charge is 2.29. The summed E-state index contributed by atoms with van der Waals surface area (Å²) in [6.07, 6.45) is 1.54. The molecule has 1 amide bonds. The van der Waals surface area contributed by atoms with Gasteiger partial charge >= 0.3 is 5.69 Å². The zero-order chi connectivity index (χ0) is 15.4. The number of para-hydroxylation sites is 1. The molecule has 0 aliphatic carbocycles. The second kappa shape index (κ2) is 6.43. The van der Waals surface area contributed by atoms with Crippen LogP contribution in [-0.4, -0.2) is 30.5 Å². The van der Waals surface area contributed by atoms with Gasteiger partial charge in [-0.15, -0.1) is 0 Å². The average Bonchev–Trinajstić information content (AvgIpc) is 2.47. The summed E-state index contributed by atoms with van der Waals surface area (Å²) in [5, 5.41) is 14.4. The number of amides is 1. The predicted molar refractivity (Wildman–Crippen MR) is 81.4 cm³/mol. The third kappa shape index (κ3) is 3.24. The topological polar surface area (TPSA) is 102 Å². The maximum Gasteiger partial charge on any atom is 0.315 e. The molecule has 0 aromatic heterocycles. The fourth-order valence-electron chi connectivity index (χ4n) is 2.74. The van der Waals surface area contributed by atoms with E-state index >= 15 is 0 Å². The molecule has 1 atom stereocenters. The molecule has 114 valence electrons. The molecule has 1 saturated heterocycles. The smallest absolute Gasteiger partial charge is 0.315 e. The molecule has 7 nitrogen and oxygen atoms in total. The van der Waals surface area contributed by atoms with E-state index in [1.807, 2.05) is 11.8 Å². The normalized spacial score (nSPS) is 18.3. The summed E-state index contributed by atoms with van der Waals surface area (Å²) in [6.45, 7) is 3.63. The predicted octanol–water partition coefficient (Wildman–Crippen LogP) is 1.73. The van der Waals surface area contributed by atoms with Crippen LogP contribution in [-0.2, 0) is 4.79 Å². The Hall–Kier alpha value is -2.31. The Morgan fingerprint density at radius 2 is 2.33 bits per heavy atom. The fourth-order valence-corrected chi connectivity index (χ4v) is 2.74. The number of rotatable bonds is 5. The minimum atomic E-state index is -0.374. The number of carbonyl (C=O) groups excluding carboxylic acids is 1. The number of hydrogen-bond acceptors (Lipinski definition) is 5. The van der Waals surface area contributed by atoms with E-state index in [1.54, 1.807) is 18.2 Å². The fraction of sp³-hybridized carbons (Fsp3) is 0.500. The zero-order valence-corrected chi connectivity index (χ0v) is 12.0. The summed E-state index contributed by atoms with van der Waals surface area (Å²) < 4.78 is 0. The molecule has 1 unspecified atom stereocenters. The summed E-state index contributed by atoms with van der Waals surface area (Å²) in [5.74, 6) is -0.591. The number of anilines is 2. The molecule has 0 spiro atoms. The van der Waals surface area contributed by atoms with E-state index in [4.69, 9.17) is 5.73 Å². The van der Waals surface area contributed by atoms with Crippen LogP contribution in [0.15, 0.2) is 18.2 Å². The first kappa shape index (κ1) is 15.1. The number of nitro groups is 1. The lowest BCUT2D eigenvalue weighted by atomic mass is 9.96. The number of hydrogen-bond donors (Lipinski definition) is 2. The minimum Gasteiger partial charge on any atom is -0.380 e. The highest BCUT2D eigenvalue weighted by atomic mass is 16.6. The largest absolute Gasteiger partial charge is 0.380 e. The molecule has 3 N–H and O–H groups in total. The summed E-state index contributed by atoms with van der Waals surface area (Å²) in [5.41, 5.74) is 6.48. The lowest BCUT2D eigenvalue weighted by Gasteiger charge is -2.32. The minimum absolute atomic E-state index is 0.0597. The summed E-state index contributed by atoms with van der Waals surface area (Å²) in [6, 6.07) is 5.21. The van der Waals surface area contributed by atoms with Gasteiger partial charge in [0.1, 0.15) is 11.4 Å². The van der Waals surface area contributed by atoms with Crippen LogP contribution in [0.5, 0.6) is 0 Å². The van der Waals surface area contributed by atoms with Crippen molar-refractivity contribution in [1.29, 1.82) is 0 Å². The Morgan fingerprint density at radius 1 is 1.57 bits per heavy atom. The van der Waals surface area contributed by atoms with E-state index in [-0.39, 0.29) is 22.4 Å². The summed E-state index contributed by atoms with van der Waals surface area (Å²) >= 11 is 0. The van der Waals surface area contributed by atoms with E-state index < -0.39 is 0 Å². The van der Waals surface area contributed by atoms with Gasteiger partial charge in [-0.25, -0.2) is 0 Å². The van der Waals surface area contributed by atoms with Gasteiger partial charge in [0.15, 0.2) is 0 Å². The van der Waals surface area contributed by atoms with Gasteiger partial charge in [-0.2, -0.15) is 0 Å². The first-order valence-electron chi connectivity index (χ1n) is 7.10. The third-order valence-electron chi connectivity index (χ3n) is 3.73. The first-order valence-corrected chi connectivity index (χ1v) is 7.10. The van der Waals surface area contributed by atoms with E-state index in [1.165, 1.54) is 0 Å². The van der Waals surface area contributed by atoms with Crippen LogP contribution < -0.4 is 16.0 Å². The van der Waals surface area contributed by atoms with Gasteiger partial charge < -0.3 is 16.0 Å². The van der Waals surface area contributed by atoms with E-state index in [2.05, 4.69) is 5.32 Å². The van der Waals surface area contributed by atoms with Crippen molar-refractivity contribution >= 4 is 23.0 Å². The summed E-state index contributed by atoms with van der Waals surface area (Å²) in [7, 11) is 0. The molecule has 0 saturated carbocycles. The molecule has 0 radical (unpaired) electrons. The molecule has 1 aliphatic rings. The van der Waals surface area contributed by atoms with Gasteiger partial charge in [0.25, 0.3) is 0 Å². The second-order valence-corrected chi connectivity index (χ2v) is 5.15. The van der Waals surface area contributed by atoms with Crippen LogP contribution in [0.4, 0.5) is 17.1 Å². The quantitative estimate of drug-likeness (QED) is 0.635. The van der Waals surface area contributed by atoms with Gasteiger partial charge in [0, 0.05) is 19.6 Å². The monoisotopic (exact) mass is 292 g/mol. The van der Waals surface area contributed by atoms with Crippen molar-refractivity contribution in [3.63, 3.8) is 0 Å². The molecule has 0 bridgehead atoms. The van der Waals surface area contributed by atoms with Crippen LogP contribution in [0.2, 0.25) is 0 Å². The van der Waals surface area contributed by atoms with E-state index in [0.29, 0.717) is 31.0 Å². The number of nitrogens with one attached hydrogen (secondary N) is 1. The second-order valence-electron chi connectivity index (χ2n) is 5.15. The van der Waals surface area contributed by atoms with Crippen molar-refractivity contribution in [2.24, 2.45) is 11.7 Å². The highest BCUT2D eigenvalue weighted by molar-refractivity contribution is 5.80. The molecular formula is C14H20N4O3. The molecule has 21 heavy (non-hydrogen) atoms. The molecule has 7 heteroatoms. The SMILES string of the molecule is CCNc1cccc(N2CCCC(C(N)=O)C2)c1[N+](=O)[O-]. The Labute approximate surface area is 123 Å². The zero-order valence-electron chi connectivity index (χ0n) is 12.0. The number of nitrogens with two attached hydrogens (primary N) is 1.